The largest absolute Gasteiger partial charge is 0.497 e. The highest BCUT2D eigenvalue weighted by molar-refractivity contribution is 5.89. The predicted molar refractivity (Wildman–Crippen MR) is 105 cm³/mol. The monoisotopic (exact) mass is 382 g/mol. The van der Waals surface area contributed by atoms with Crippen LogP contribution in [0.4, 0.5) is 0 Å². The lowest BCUT2D eigenvalue weighted by Gasteiger charge is -2.49. The molecule has 0 amide bonds. The zero-order chi connectivity index (χ0) is 19.4. The smallest absolute Gasteiger partial charge is 0.337 e. The summed E-state index contributed by atoms with van der Waals surface area (Å²) in [6.07, 6.45) is 3.65. The van der Waals surface area contributed by atoms with E-state index in [4.69, 9.17) is 14.2 Å². The number of aromatic nitrogens is 1. The van der Waals surface area contributed by atoms with Gasteiger partial charge in [-0.3, -0.25) is 4.90 Å². The number of carbonyl (C=O) groups excluding carboxylic acids is 1. The van der Waals surface area contributed by atoms with Crippen LogP contribution in [0.15, 0.2) is 30.0 Å². The molecule has 6 nitrogen and oxygen atoms in total. The molecule has 1 N–H and O–H groups in total. The molecule has 1 saturated heterocycles. The molecule has 0 bridgehead atoms. The Morgan fingerprint density at radius 3 is 2.96 bits per heavy atom. The van der Waals surface area contributed by atoms with E-state index in [0.29, 0.717) is 11.5 Å². The zero-order valence-corrected chi connectivity index (χ0v) is 16.5. The van der Waals surface area contributed by atoms with Gasteiger partial charge < -0.3 is 19.2 Å². The third kappa shape index (κ3) is 2.54. The number of nitrogens with one attached hydrogen (secondary N) is 1. The predicted octanol–water partition coefficient (Wildman–Crippen LogP) is 3.19. The van der Waals surface area contributed by atoms with Gasteiger partial charge in [0.1, 0.15) is 5.75 Å². The number of hydrogen-bond donors (Lipinski definition) is 1. The van der Waals surface area contributed by atoms with Gasteiger partial charge in [0, 0.05) is 41.5 Å². The van der Waals surface area contributed by atoms with Crippen LogP contribution >= 0.6 is 0 Å². The SMILES string of the molecule is COC(=O)C1=CO[C@@H](C)[C@@H]2CN3CCc4c([nH]c5ccc(OC)cc45)[C@H]3C[C@H]12. The van der Waals surface area contributed by atoms with Gasteiger partial charge in [-0.15, -0.1) is 0 Å². The molecule has 148 valence electrons. The number of benzene rings is 1. The summed E-state index contributed by atoms with van der Waals surface area (Å²) in [5.74, 6) is 1.08. The Labute approximate surface area is 164 Å². The van der Waals surface area contributed by atoms with Gasteiger partial charge in [0.25, 0.3) is 0 Å². The summed E-state index contributed by atoms with van der Waals surface area (Å²) in [5, 5.41) is 1.25. The Kier molecular flexibility index (Phi) is 4.12. The summed E-state index contributed by atoms with van der Waals surface area (Å²) in [5.41, 5.74) is 4.50. The summed E-state index contributed by atoms with van der Waals surface area (Å²) in [4.78, 5) is 18.6. The first kappa shape index (κ1) is 17.6. The Balaban J connectivity index is 1.54. The molecule has 0 spiro atoms. The molecule has 0 saturated carbocycles. The number of methoxy groups -OCH3 is 2. The van der Waals surface area contributed by atoms with Crippen LogP contribution < -0.4 is 4.74 Å². The van der Waals surface area contributed by atoms with Crippen molar-refractivity contribution >= 4 is 16.9 Å². The second kappa shape index (κ2) is 6.55. The topological polar surface area (TPSA) is 63.8 Å². The van der Waals surface area contributed by atoms with Gasteiger partial charge in [-0.1, -0.05) is 0 Å². The van der Waals surface area contributed by atoms with Crippen LogP contribution in [0, 0.1) is 11.8 Å². The summed E-state index contributed by atoms with van der Waals surface area (Å²) < 4.78 is 16.3. The number of carbonyl (C=O) groups is 1. The van der Waals surface area contributed by atoms with E-state index in [9.17, 15) is 4.79 Å². The van der Waals surface area contributed by atoms with Gasteiger partial charge in [-0.25, -0.2) is 4.79 Å². The van der Waals surface area contributed by atoms with Crippen LogP contribution in [0.3, 0.4) is 0 Å². The molecule has 28 heavy (non-hydrogen) atoms. The van der Waals surface area contributed by atoms with Crippen molar-refractivity contribution < 1.29 is 19.0 Å². The van der Waals surface area contributed by atoms with E-state index in [1.54, 1.807) is 13.4 Å². The van der Waals surface area contributed by atoms with E-state index in [-0.39, 0.29) is 24.0 Å². The highest BCUT2D eigenvalue weighted by Gasteiger charge is 2.46. The maximum absolute atomic E-state index is 12.3. The molecule has 1 aromatic carbocycles. The number of H-pyrrole nitrogens is 1. The molecule has 5 rings (SSSR count). The number of ether oxygens (including phenoxy) is 3. The van der Waals surface area contributed by atoms with E-state index < -0.39 is 0 Å². The van der Waals surface area contributed by atoms with Crippen LogP contribution in [-0.4, -0.2) is 49.3 Å². The fourth-order valence-corrected chi connectivity index (χ4v) is 5.34. The van der Waals surface area contributed by atoms with Gasteiger partial charge in [0.05, 0.1) is 38.2 Å². The molecule has 0 radical (unpaired) electrons. The van der Waals surface area contributed by atoms with Crippen molar-refractivity contribution in [2.75, 3.05) is 27.3 Å². The standard InChI is InChI=1S/C22H26N2O4/c1-12-17-10-24-7-6-14-16-8-13(26-2)4-5-19(16)23-21(14)20(24)9-15(17)18(11-28-12)22(25)27-3/h4-5,8,11-12,15,17,20,23H,6-7,9-10H2,1-3H3/t12-,15-,17-,20+/m0/s1. The Bertz CT molecular complexity index is 963. The lowest BCUT2D eigenvalue weighted by Crippen LogP contribution is -2.51. The van der Waals surface area contributed by atoms with Crippen LogP contribution in [0.25, 0.3) is 10.9 Å². The molecule has 0 unspecified atom stereocenters. The molecule has 0 aliphatic carbocycles. The van der Waals surface area contributed by atoms with Gasteiger partial charge >= 0.3 is 5.97 Å². The lowest BCUT2D eigenvalue weighted by atomic mass is 9.72. The molecule has 3 aliphatic rings. The molecule has 6 heteroatoms. The first-order valence-electron chi connectivity index (χ1n) is 9.97. The van der Waals surface area contributed by atoms with Crippen molar-refractivity contribution in [1.82, 2.24) is 9.88 Å². The van der Waals surface area contributed by atoms with E-state index in [1.807, 2.05) is 6.07 Å². The molecule has 3 aliphatic heterocycles. The second-order valence-electron chi connectivity index (χ2n) is 8.10. The molecular weight excluding hydrogens is 356 g/mol. The van der Waals surface area contributed by atoms with Crippen molar-refractivity contribution in [3.63, 3.8) is 0 Å². The lowest BCUT2D eigenvalue weighted by molar-refractivity contribution is -0.139. The van der Waals surface area contributed by atoms with E-state index >= 15 is 0 Å². The minimum atomic E-state index is -0.271. The second-order valence-corrected chi connectivity index (χ2v) is 8.10. The molecule has 4 heterocycles. The maximum Gasteiger partial charge on any atom is 0.337 e. The number of rotatable bonds is 2. The fraction of sp³-hybridized carbons (Fsp3) is 0.500. The third-order valence-electron chi connectivity index (χ3n) is 6.84. The average molecular weight is 382 g/mol. The molecule has 4 atom stereocenters. The summed E-state index contributed by atoms with van der Waals surface area (Å²) in [7, 11) is 3.14. The summed E-state index contributed by atoms with van der Waals surface area (Å²) >= 11 is 0. The van der Waals surface area contributed by atoms with Crippen molar-refractivity contribution in [2.24, 2.45) is 11.8 Å². The Hall–Kier alpha value is -2.47. The highest BCUT2D eigenvalue weighted by Crippen LogP contribution is 2.47. The summed E-state index contributed by atoms with van der Waals surface area (Å²) in [6, 6.07) is 6.50. The van der Waals surface area contributed by atoms with Gasteiger partial charge in [0.15, 0.2) is 0 Å². The normalized spacial score (nSPS) is 29.2. The number of nitrogens with zero attached hydrogens (tertiary/aromatic N) is 1. The van der Waals surface area contributed by atoms with E-state index in [1.165, 1.54) is 23.8 Å². The molecule has 1 aromatic heterocycles. The van der Waals surface area contributed by atoms with Gasteiger partial charge in [-0.2, -0.15) is 0 Å². The van der Waals surface area contributed by atoms with Crippen LogP contribution in [0.1, 0.15) is 30.6 Å². The van der Waals surface area contributed by atoms with Crippen molar-refractivity contribution in [3.05, 3.63) is 41.3 Å². The number of fused-ring (bicyclic) bond motifs is 6. The van der Waals surface area contributed by atoms with Crippen molar-refractivity contribution in [2.45, 2.75) is 31.9 Å². The summed E-state index contributed by atoms with van der Waals surface area (Å²) in [6.45, 7) is 4.06. The van der Waals surface area contributed by atoms with Crippen molar-refractivity contribution in [3.8, 4) is 5.75 Å². The van der Waals surface area contributed by atoms with E-state index in [2.05, 4.69) is 28.9 Å². The van der Waals surface area contributed by atoms with Crippen LogP contribution in [0.2, 0.25) is 0 Å². The Morgan fingerprint density at radius 1 is 1.32 bits per heavy atom. The highest BCUT2D eigenvalue weighted by atomic mass is 16.5. The zero-order valence-electron chi connectivity index (χ0n) is 16.5. The number of aromatic amines is 1. The quantitative estimate of drug-likeness (QED) is 0.809. The first-order chi connectivity index (χ1) is 13.6. The van der Waals surface area contributed by atoms with E-state index in [0.717, 1.165) is 37.2 Å². The average Bonchev–Trinajstić information content (AvgIpc) is 3.10. The van der Waals surface area contributed by atoms with Crippen LogP contribution in [-0.2, 0) is 20.7 Å². The van der Waals surface area contributed by atoms with Gasteiger partial charge in [-0.05, 0) is 43.5 Å². The number of esters is 1. The van der Waals surface area contributed by atoms with Crippen molar-refractivity contribution in [1.29, 1.82) is 0 Å². The maximum atomic E-state index is 12.3. The third-order valence-corrected chi connectivity index (χ3v) is 6.84. The molecular formula is C22H26N2O4. The number of hydrogen-bond acceptors (Lipinski definition) is 5. The number of piperidine rings is 1. The first-order valence-corrected chi connectivity index (χ1v) is 9.97. The fourth-order valence-electron chi connectivity index (χ4n) is 5.34. The minimum Gasteiger partial charge on any atom is -0.497 e. The molecule has 2 aromatic rings. The van der Waals surface area contributed by atoms with Gasteiger partial charge in [0.2, 0.25) is 0 Å². The molecule has 1 fully saturated rings. The van der Waals surface area contributed by atoms with Crippen LogP contribution in [0.5, 0.6) is 5.75 Å². The minimum absolute atomic E-state index is 0.104. The Morgan fingerprint density at radius 2 is 2.18 bits per heavy atom.